The quantitative estimate of drug-likeness (QED) is 0.692. The molecule has 0 amide bonds. The Bertz CT molecular complexity index is 857. The first-order valence-corrected chi connectivity index (χ1v) is 7.23. The average Bonchev–Trinajstić information content (AvgIpc) is 3.17. The zero-order chi connectivity index (χ0) is 16.6. The van der Waals surface area contributed by atoms with Gasteiger partial charge in [-0.2, -0.15) is 5.10 Å². The molecular formula is C16H18N4O3. The minimum atomic E-state index is -0.367. The van der Waals surface area contributed by atoms with Gasteiger partial charge >= 0.3 is 5.97 Å². The standard InChI is InChI=1S/C16H18N4O3/c1-10-5-14(12(3)20(10)15-6-11(2)23-18-15)16(21)22-9-13-7-17-19(4)8-13/h5-8H,9H2,1-4H3. The number of aryl methyl sites for hydroxylation is 3. The van der Waals surface area contributed by atoms with Crippen molar-refractivity contribution in [3.05, 3.63) is 52.8 Å². The van der Waals surface area contributed by atoms with Gasteiger partial charge in [0.2, 0.25) is 0 Å². The summed E-state index contributed by atoms with van der Waals surface area (Å²) in [6, 6.07) is 3.62. The van der Waals surface area contributed by atoms with E-state index in [1.54, 1.807) is 16.9 Å². The molecule has 0 atom stereocenters. The van der Waals surface area contributed by atoms with Crippen LogP contribution >= 0.6 is 0 Å². The largest absolute Gasteiger partial charge is 0.457 e. The SMILES string of the molecule is Cc1cc(-n2c(C)cc(C(=O)OCc3cnn(C)c3)c2C)no1. The summed E-state index contributed by atoms with van der Waals surface area (Å²) in [5, 5.41) is 8.05. The third-order valence-corrected chi connectivity index (χ3v) is 3.62. The third kappa shape index (κ3) is 2.90. The second-order valence-electron chi connectivity index (χ2n) is 5.51. The Hall–Kier alpha value is -2.83. The highest BCUT2D eigenvalue weighted by Crippen LogP contribution is 2.21. The molecule has 0 aliphatic heterocycles. The number of esters is 1. The number of carbonyl (C=O) groups is 1. The summed E-state index contributed by atoms with van der Waals surface area (Å²) in [5.41, 5.74) is 3.03. The van der Waals surface area contributed by atoms with Crippen LogP contribution in [0.5, 0.6) is 0 Å². The van der Waals surface area contributed by atoms with E-state index >= 15 is 0 Å². The fourth-order valence-corrected chi connectivity index (χ4v) is 2.55. The molecule has 0 aliphatic carbocycles. The lowest BCUT2D eigenvalue weighted by Gasteiger charge is -2.05. The smallest absolute Gasteiger partial charge is 0.340 e. The van der Waals surface area contributed by atoms with E-state index in [1.165, 1.54) is 0 Å². The molecule has 3 heterocycles. The molecule has 3 aromatic heterocycles. The minimum absolute atomic E-state index is 0.194. The molecule has 7 heteroatoms. The molecule has 0 fully saturated rings. The van der Waals surface area contributed by atoms with Crippen LogP contribution in [0.2, 0.25) is 0 Å². The van der Waals surface area contributed by atoms with Crippen molar-refractivity contribution in [2.45, 2.75) is 27.4 Å². The first-order chi connectivity index (χ1) is 11.0. The Morgan fingerprint density at radius 2 is 2.09 bits per heavy atom. The number of rotatable bonds is 4. The molecule has 0 unspecified atom stereocenters. The number of hydrogen-bond acceptors (Lipinski definition) is 5. The van der Waals surface area contributed by atoms with Crippen LogP contribution in [-0.2, 0) is 18.4 Å². The summed E-state index contributed by atoms with van der Waals surface area (Å²) in [6.45, 7) is 5.79. The Kier molecular flexibility index (Phi) is 3.77. The van der Waals surface area contributed by atoms with Crippen molar-refractivity contribution in [1.82, 2.24) is 19.5 Å². The molecule has 120 valence electrons. The Morgan fingerprint density at radius 1 is 1.30 bits per heavy atom. The fourth-order valence-electron chi connectivity index (χ4n) is 2.55. The van der Waals surface area contributed by atoms with Crippen LogP contribution < -0.4 is 0 Å². The first kappa shape index (κ1) is 15.1. The van der Waals surface area contributed by atoms with Gasteiger partial charge < -0.3 is 9.26 Å². The normalized spacial score (nSPS) is 11.0. The molecule has 3 rings (SSSR count). The van der Waals surface area contributed by atoms with Crippen molar-refractivity contribution in [3.63, 3.8) is 0 Å². The van der Waals surface area contributed by atoms with Crippen LogP contribution in [0.4, 0.5) is 0 Å². The average molecular weight is 314 g/mol. The van der Waals surface area contributed by atoms with Crippen molar-refractivity contribution in [2.75, 3.05) is 0 Å². The molecule has 23 heavy (non-hydrogen) atoms. The van der Waals surface area contributed by atoms with E-state index in [-0.39, 0.29) is 12.6 Å². The van der Waals surface area contributed by atoms with Crippen LogP contribution in [0.25, 0.3) is 5.82 Å². The lowest BCUT2D eigenvalue weighted by molar-refractivity contribution is 0.0472. The number of hydrogen-bond donors (Lipinski definition) is 0. The summed E-state index contributed by atoms with van der Waals surface area (Å²) in [4.78, 5) is 12.3. The van der Waals surface area contributed by atoms with Gasteiger partial charge in [-0.3, -0.25) is 9.25 Å². The predicted octanol–water partition coefficient (Wildman–Crippen LogP) is 2.48. The van der Waals surface area contributed by atoms with Gasteiger partial charge in [0, 0.05) is 36.3 Å². The van der Waals surface area contributed by atoms with E-state index in [0.717, 1.165) is 17.0 Å². The number of carbonyl (C=O) groups excluding carboxylic acids is 1. The van der Waals surface area contributed by atoms with Gasteiger partial charge in [0.1, 0.15) is 12.4 Å². The van der Waals surface area contributed by atoms with Crippen molar-refractivity contribution in [1.29, 1.82) is 0 Å². The molecule has 0 saturated heterocycles. The van der Waals surface area contributed by atoms with E-state index in [9.17, 15) is 4.79 Å². The first-order valence-electron chi connectivity index (χ1n) is 7.23. The number of ether oxygens (including phenoxy) is 1. The molecule has 0 saturated carbocycles. The zero-order valence-corrected chi connectivity index (χ0v) is 13.5. The maximum absolute atomic E-state index is 12.3. The van der Waals surface area contributed by atoms with Gasteiger partial charge in [-0.15, -0.1) is 0 Å². The van der Waals surface area contributed by atoms with E-state index in [2.05, 4.69) is 10.3 Å². The fraction of sp³-hybridized carbons (Fsp3) is 0.312. The summed E-state index contributed by atoms with van der Waals surface area (Å²) in [6.07, 6.45) is 3.49. The van der Waals surface area contributed by atoms with Crippen LogP contribution in [-0.4, -0.2) is 25.5 Å². The second kappa shape index (κ2) is 5.75. The van der Waals surface area contributed by atoms with E-state index in [0.29, 0.717) is 17.1 Å². The Morgan fingerprint density at radius 3 is 2.70 bits per heavy atom. The van der Waals surface area contributed by atoms with Crippen molar-refractivity contribution in [3.8, 4) is 5.82 Å². The minimum Gasteiger partial charge on any atom is -0.457 e. The molecule has 0 N–H and O–H groups in total. The second-order valence-corrected chi connectivity index (χ2v) is 5.51. The molecule has 0 aliphatic rings. The highest BCUT2D eigenvalue weighted by Gasteiger charge is 2.19. The van der Waals surface area contributed by atoms with Gasteiger partial charge in [0.15, 0.2) is 5.82 Å². The number of nitrogens with zero attached hydrogens (tertiary/aromatic N) is 4. The van der Waals surface area contributed by atoms with E-state index in [4.69, 9.17) is 9.26 Å². The Labute approximate surface area is 133 Å². The highest BCUT2D eigenvalue weighted by atomic mass is 16.5. The van der Waals surface area contributed by atoms with Gasteiger partial charge in [-0.05, 0) is 26.8 Å². The molecule has 3 aromatic rings. The molecule has 0 aromatic carbocycles. The summed E-state index contributed by atoms with van der Waals surface area (Å²) in [7, 11) is 1.82. The van der Waals surface area contributed by atoms with Crippen LogP contribution in [0.15, 0.2) is 29.0 Å². The van der Waals surface area contributed by atoms with Crippen LogP contribution in [0.1, 0.15) is 33.1 Å². The zero-order valence-electron chi connectivity index (χ0n) is 13.5. The summed E-state index contributed by atoms with van der Waals surface area (Å²) < 4.78 is 14.0. The van der Waals surface area contributed by atoms with Crippen molar-refractivity contribution in [2.24, 2.45) is 7.05 Å². The van der Waals surface area contributed by atoms with Gasteiger partial charge in [-0.25, -0.2) is 4.79 Å². The van der Waals surface area contributed by atoms with E-state index in [1.807, 2.05) is 44.6 Å². The molecule has 0 radical (unpaired) electrons. The van der Waals surface area contributed by atoms with Gasteiger partial charge in [-0.1, -0.05) is 5.16 Å². The third-order valence-electron chi connectivity index (χ3n) is 3.62. The highest BCUT2D eigenvalue weighted by molar-refractivity contribution is 5.91. The predicted molar refractivity (Wildman–Crippen MR) is 82.4 cm³/mol. The molecular weight excluding hydrogens is 296 g/mol. The summed E-state index contributed by atoms with van der Waals surface area (Å²) in [5.74, 6) is 1.01. The van der Waals surface area contributed by atoms with Gasteiger partial charge in [0.05, 0.1) is 11.8 Å². The van der Waals surface area contributed by atoms with Crippen molar-refractivity contribution < 1.29 is 14.1 Å². The van der Waals surface area contributed by atoms with E-state index < -0.39 is 0 Å². The maximum atomic E-state index is 12.3. The van der Waals surface area contributed by atoms with Crippen LogP contribution in [0, 0.1) is 20.8 Å². The maximum Gasteiger partial charge on any atom is 0.340 e. The Balaban J connectivity index is 1.81. The summed E-state index contributed by atoms with van der Waals surface area (Å²) >= 11 is 0. The topological polar surface area (TPSA) is 75.1 Å². The van der Waals surface area contributed by atoms with Crippen molar-refractivity contribution >= 4 is 5.97 Å². The molecule has 0 spiro atoms. The molecule has 7 nitrogen and oxygen atoms in total. The number of aromatic nitrogens is 4. The van der Waals surface area contributed by atoms with Gasteiger partial charge in [0.25, 0.3) is 0 Å². The van der Waals surface area contributed by atoms with Crippen LogP contribution in [0.3, 0.4) is 0 Å². The lowest BCUT2D eigenvalue weighted by atomic mass is 10.2. The monoisotopic (exact) mass is 314 g/mol. The lowest BCUT2D eigenvalue weighted by Crippen LogP contribution is -2.07. The molecule has 0 bridgehead atoms.